The first kappa shape index (κ1) is 21.2. The highest BCUT2D eigenvalue weighted by atomic mass is 35.5. The molecule has 2 aromatic rings. The average molecular weight is 405 g/mol. The van der Waals surface area contributed by atoms with Crippen molar-refractivity contribution in [1.82, 2.24) is 10.9 Å². The molecule has 0 atom stereocenters. The van der Waals surface area contributed by atoms with Crippen molar-refractivity contribution in [2.45, 2.75) is 19.3 Å². The van der Waals surface area contributed by atoms with E-state index in [1.807, 2.05) is 30.3 Å². The second-order valence-electron chi connectivity index (χ2n) is 5.80. The van der Waals surface area contributed by atoms with Crippen LogP contribution in [0.25, 0.3) is 0 Å². The van der Waals surface area contributed by atoms with Gasteiger partial charge in [0.2, 0.25) is 5.91 Å². The van der Waals surface area contributed by atoms with Crippen LogP contribution in [0.1, 0.15) is 18.4 Å². The molecule has 0 unspecified atom stereocenters. The summed E-state index contributed by atoms with van der Waals surface area (Å²) >= 11 is 5.75. The number of halogens is 1. The monoisotopic (exact) mass is 404 g/mol. The van der Waals surface area contributed by atoms with E-state index in [2.05, 4.69) is 10.9 Å². The van der Waals surface area contributed by atoms with Gasteiger partial charge in [-0.25, -0.2) is 0 Å². The minimum Gasteiger partial charge on any atom is -0.484 e. The fraction of sp³-hybridized carbons (Fsp3) is 0.250. The molecule has 2 rings (SSSR count). The van der Waals surface area contributed by atoms with Gasteiger partial charge in [0.1, 0.15) is 5.75 Å². The molecule has 0 radical (unpaired) electrons. The van der Waals surface area contributed by atoms with Gasteiger partial charge in [-0.15, -0.1) is 0 Å². The van der Waals surface area contributed by atoms with E-state index >= 15 is 0 Å². The third kappa shape index (κ3) is 8.55. The number of nitrogens with one attached hydrogen (secondary N) is 2. The summed E-state index contributed by atoms with van der Waals surface area (Å²) in [7, 11) is 0. The van der Waals surface area contributed by atoms with Crippen LogP contribution >= 0.6 is 11.6 Å². The molecule has 0 aliphatic carbocycles. The Balaban J connectivity index is 1.54. The maximum atomic E-state index is 11.7. The van der Waals surface area contributed by atoms with Crippen molar-refractivity contribution < 1.29 is 23.9 Å². The normalized spacial score (nSPS) is 10.0. The summed E-state index contributed by atoms with van der Waals surface area (Å²) in [5, 5.41) is 0.558. The van der Waals surface area contributed by atoms with Crippen LogP contribution < -0.4 is 15.6 Å². The summed E-state index contributed by atoms with van der Waals surface area (Å²) in [5.74, 6) is -1.03. The quantitative estimate of drug-likeness (QED) is 0.494. The molecule has 148 valence electrons. The molecule has 0 saturated carbocycles. The van der Waals surface area contributed by atoms with Crippen molar-refractivity contribution >= 4 is 29.4 Å². The van der Waals surface area contributed by atoms with Gasteiger partial charge in [-0.3, -0.25) is 25.2 Å². The second-order valence-corrected chi connectivity index (χ2v) is 6.23. The molecule has 2 aromatic carbocycles. The van der Waals surface area contributed by atoms with Crippen LogP contribution in [0.4, 0.5) is 0 Å². The summed E-state index contributed by atoms with van der Waals surface area (Å²) in [5.41, 5.74) is 5.49. The molecule has 2 N–H and O–H groups in total. The Morgan fingerprint density at radius 1 is 0.857 bits per heavy atom. The fourth-order valence-corrected chi connectivity index (χ4v) is 2.26. The number of esters is 1. The average Bonchev–Trinajstić information content (AvgIpc) is 2.71. The highest BCUT2D eigenvalue weighted by Crippen LogP contribution is 2.15. The number of hydrogen-bond acceptors (Lipinski definition) is 5. The third-order valence-electron chi connectivity index (χ3n) is 3.58. The summed E-state index contributed by atoms with van der Waals surface area (Å²) in [6.07, 6.45) is 0.447. The lowest BCUT2D eigenvalue weighted by Crippen LogP contribution is -2.43. The van der Waals surface area contributed by atoms with Crippen molar-refractivity contribution in [2.24, 2.45) is 0 Å². The molecule has 0 saturated heterocycles. The number of amides is 2. The molecular weight excluding hydrogens is 384 g/mol. The van der Waals surface area contributed by atoms with Gasteiger partial charge in [0, 0.05) is 17.9 Å². The van der Waals surface area contributed by atoms with Crippen molar-refractivity contribution in [3.8, 4) is 5.75 Å². The maximum Gasteiger partial charge on any atom is 0.306 e. The number of carbonyl (C=O) groups is 3. The van der Waals surface area contributed by atoms with Gasteiger partial charge in [0.25, 0.3) is 5.91 Å². The summed E-state index contributed by atoms with van der Waals surface area (Å²) in [6.45, 7) is -0.0212. The Bertz CT molecular complexity index is 781. The first-order valence-corrected chi connectivity index (χ1v) is 9.06. The number of ether oxygens (including phenoxy) is 2. The van der Waals surface area contributed by atoms with Gasteiger partial charge in [0.05, 0.1) is 13.0 Å². The molecule has 0 aliphatic heterocycles. The van der Waals surface area contributed by atoms with Crippen LogP contribution in [0, 0.1) is 0 Å². The summed E-state index contributed by atoms with van der Waals surface area (Å²) in [4.78, 5) is 34.9. The molecule has 0 bridgehead atoms. The second kappa shape index (κ2) is 11.6. The van der Waals surface area contributed by atoms with E-state index in [4.69, 9.17) is 21.1 Å². The van der Waals surface area contributed by atoms with E-state index < -0.39 is 17.8 Å². The van der Waals surface area contributed by atoms with Crippen molar-refractivity contribution in [2.75, 3.05) is 13.2 Å². The van der Waals surface area contributed by atoms with Crippen LogP contribution in [0.3, 0.4) is 0 Å². The van der Waals surface area contributed by atoms with Gasteiger partial charge >= 0.3 is 5.97 Å². The van der Waals surface area contributed by atoms with Crippen LogP contribution in [-0.4, -0.2) is 31.0 Å². The van der Waals surface area contributed by atoms with Crippen LogP contribution in [0.15, 0.2) is 54.6 Å². The van der Waals surface area contributed by atoms with Gasteiger partial charge in [0.15, 0.2) is 6.61 Å². The van der Waals surface area contributed by atoms with Gasteiger partial charge < -0.3 is 9.47 Å². The Kier molecular flexibility index (Phi) is 8.81. The third-order valence-corrected chi connectivity index (χ3v) is 3.83. The Labute approximate surface area is 167 Å². The Morgan fingerprint density at radius 2 is 1.54 bits per heavy atom. The van der Waals surface area contributed by atoms with Gasteiger partial charge in [-0.05, 0) is 29.8 Å². The van der Waals surface area contributed by atoms with Gasteiger partial charge in [-0.1, -0.05) is 41.9 Å². The number of hydrogen-bond donors (Lipinski definition) is 2. The molecule has 0 heterocycles. The molecule has 0 aliphatic rings. The summed E-state index contributed by atoms with van der Waals surface area (Å²) in [6, 6.07) is 16.1. The standard InChI is InChI=1S/C20H21ClN2O5/c21-16-6-8-17(9-7-16)28-14-19(25)23-22-18(24)10-11-20(26)27-13-12-15-4-2-1-3-5-15/h1-9H,10-14H2,(H,22,24)(H,23,25). The van der Waals surface area contributed by atoms with Crippen LogP contribution in [0.5, 0.6) is 5.75 Å². The smallest absolute Gasteiger partial charge is 0.306 e. The zero-order valence-electron chi connectivity index (χ0n) is 15.2. The minimum absolute atomic E-state index is 0.0717. The lowest BCUT2D eigenvalue weighted by molar-refractivity contribution is -0.145. The molecule has 0 aromatic heterocycles. The summed E-state index contributed by atoms with van der Waals surface area (Å²) < 4.78 is 10.3. The number of benzene rings is 2. The van der Waals surface area contributed by atoms with E-state index in [0.717, 1.165) is 5.56 Å². The largest absolute Gasteiger partial charge is 0.484 e. The van der Waals surface area contributed by atoms with E-state index in [-0.39, 0.29) is 26.1 Å². The molecule has 0 spiro atoms. The molecule has 8 heteroatoms. The molecular formula is C20H21ClN2O5. The van der Waals surface area contributed by atoms with Crippen molar-refractivity contribution in [3.63, 3.8) is 0 Å². The van der Waals surface area contributed by atoms with Crippen LogP contribution in [0.2, 0.25) is 5.02 Å². The lowest BCUT2D eigenvalue weighted by atomic mass is 10.2. The van der Waals surface area contributed by atoms with E-state index in [9.17, 15) is 14.4 Å². The topological polar surface area (TPSA) is 93.7 Å². The molecule has 2 amide bonds. The lowest BCUT2D eigenvalue weighted by Gasteiger charge is -2.09. The molecule has 28 heavy (non-hydrogen) atoms. The number of carbonyl (C=O) groups excluding carboxylic acids is 3. The molecule has 7 nitrogen and oxygen atoms in total. The van der Waals surface area contributed by atoms with E-state index in [1.54, 1.807) is 24.3 Å². The number of hydrazine groups is 1. The first-order chi connectivity index (χ1) is 13.5. The molecule has 0 fully saturated rings. The van der Waals surface area contributed by atoms with E-state index in [1.165, 1.54) is 0 Å². The minimum atomic E-state index is -0.534. The SMILES string of the molecule is O=C(CCC(=O)OCCc1ccccc1)NNC(=O)COc1ccc(Cl)cc1. The Morgan fingerprint density at radius 3 is 2.25 bits per heavy atom. The van der Waals surface area contributed by atoms with Crippen molar-refractivity contribution in [3.05, 3.63) is 65.2 Å². The van der Waals surface area contributed by atoms with Gasteiger partial charge in [-0.2, -0.15) is 0 Å². The zero-order chi connectivity index (χ0) is 20.2. The predicted molar refractivity (Wildman–Crippen MR) is 104 cm³/mol. The highest BCUT2D eigenvalue weighted by molar-refractivity contribution is 6.30. The zero-order valence-corrected chi connectivity index (χ0v) is 15.9. The fourth-order valence-electron chi connectivity index (χ4n) is 2.13. The predicted octanol–water partition coefficient (Wildman–Crippen LogP) is 2.43. The Hall–Kier alpha value is -3.06. The van der Waals surface area contributed by atoms with E-state index in [0.29, 0.717) is 17.2 Å². The van der Waals surface area contributed by atoms with Crippen molar-refractivity contribution in [1.29, 1.82) is 0 Å². The first-order valence-electron chi connectivity index (χ1n) is 8.68. The maximum absolute atomic E-state index is 11.7. The highest BCUT2D eigenvalue weighted by Gasteiger charge is 2.09. The number of rotatable bonds is 9. The van der Waals surface area contributed by atoms with Crippen LogP contribution in [-0.2, 0) is 25.5 Å².